The van der Waals surface area contributed by atoms with Crippen molar-refractivity contribution in [2.45, 2.75) is 12.8 Å². The molecule has 3 nitrogen and oxygen atoms in total. The molecule has 0 spiro atoms. The van der Waals surface area contributed by atoms with E-state index < -0.39 is 0 Å². The van der Waals surface area contributed by atoms with Crippen LogP contribution in [0.1, 0.15) is 12.8 Å². The molecule has 0 unspecified atom stereocenters. The minimum Gasteiger partial charge on any atom is -0.356 e. The number of aromatic nitrogens is 2. The lowest BCUT2D eigenvalue weighted by atomic mass is 10.3. The molecule has 3 rings (SSSR count). The molecule has 1 aliphatic heterocycles. The number of halogens is 1. The van der Waals surface area contributed by atoms with Crippen LogP contribution >= 0.6 is 22.9 Å². The zero-order chi connectivity index (χ0) is 10.3. The molecule has 1 saturated heterocycles. The first-order chi connectivity index (χ1) is 7.36. The van der Waals surface area contributed by atoms with Crippen molar-refractivity contribution < 1.29 is 0 Å². The SMILES string of the molecule is Clc1csc2ncnc(N3CCCC3)c12. The molecule has 1 aliphatic rings. The molecule has 2 aromatic rings. The number of thiophene rings is 1. The van der Waals surface area contributed by atoms with Gasteiger partial charge in [0.1, 0.15) is 17.0 Å². The van der Waals surface area contributed by atoms with Crippen LogP contribution in [0.25, 0.3) is 10.2 Å². The van der Waals surface area contributed by atoms with E-state index in [0.29, 0.717) is 0 Å². The summed E-state index contributed by atoms with van der Waals surface area (Å²) in [6.45, 7) is 2.16. The standard InChI is InChI=1S/C10H10ClN3S/c11-7-5-15-10-8(7)9(12-6-13-10)14-3-1-2-4-14/h5-6H,1-4H2. The van der Waals surface area contributed by atoms with Crippen molar-refractivity contribution in [2.75, 3.05) is 18.0 Å². The first-order valence-electron chi connectivity index (χ1n) is 4.99. The number of hydrogen-bond acceptors (Lipinski definition) is 4. The van der Waals surface area contributed by atoms with Gasteiger partial charge in [0.2, 0.25) is 0 Å². The Morgan fingerprint density at radius 1 is 1.27 bits per heavy atom. The molecule has 0 radical (unpaired) electrons. The molecule has 0 aliphatic carbocycles. The lowest BCUT2D eigenvalue weighted by Crippen LogP contribution is -2.19. The van der Waals surface area contributed by atoms with Gasteiger partial charge in [-0.3, -0.25) is 0 Å². The lowest BCUT2D eigenvalue weighted by Gasteiger charge is -2.16. The van der Waals surface area contributed by atoms with Gasteiger partial charge in [-0.2, -0.15) is 0 Å². The van der Waals surface area contributed by atoms with E-state index in [1.807, 2.05) is 5.38 Å². The van der Waals surface area contributed by atoms with Crippen molar-refractivity contribution in [1.29, 1.82) is 0 Å². The van der Waals surface area contributed by atoms with E-state index in [9.17, 15) is 0 Å². The fraction of sp³-hybridized carbons (Fsp3) is 0.400. The van der Waals surface area contributed by atoms with Gasteiger partial charge in [0, 0.05) is 18.5 Å². The molecule has 3 heterocycles. The van der Waals surface area contributed by atoms with E-state index in [0.717, 1.165) is 34.1 Å². The molecule has 2 aromatic heterocycles. The van der Waals surface area contributed by atoms with Crippen LogP contribution in [0.2, 0.25) is 5.02 Å². The van der Waals surface area contributed by atoms with E-state index in [-0.39, 0.29) is 0 Å². The highest BCUT2D eigenvalue weighted by molar-refractivity contribution is 7.17. The molecule has 5 heteroatoms. The third-order valence-corrected chi connectivity index (χ3v) is 4.02. The van der Waals surface area contributed by atoms with Gasteiger partial charge in [-0.1, -0.05) is 11.6 Å². The van der Waals surface area contributed by atoms with Gasteiger partial charge in [0.25, 0.3) is 0 Å². The largest absolute Gasteiger partial charge is 0.356 e. The third-order valence-electron chi connectivity index (χ3n) is 2.71. The summed E-state index contributed by atoms with van der Waals surface area (Å²) < 4.78 is 0. The van der Waals surface area contributed by atoms with Crippen LogP contribution in [-0.4, -0.2) is 23.1 Å². The van der Waals surface area contributed by atoms with Crippen molar-refractivity contribution in [3.05, 3.63) is 16.7 Å². The summed E-state index contributed by atoms with van der Waals surface area (Å²) in [6, 6.07) is 0. The van der Waals surface area contributed by atoms with Gasteiger partial charge >= 0.3 is 0 Å². The first kappa shape index (κ1) is 9.36. The van der Waals surface area contributed by atoms with Crippen molar-refractivity contribution in [3.63, 3.8) is 0 Å². The lowest BCUT2D eigenvalue weighted by molar-refractivity contribution is 0.940. The Labute approximate surface area is 96.7 Å². The highest BCUT2D eigenvalue weighted by atomic mass is 35.5. The van der Waals surface area contributed by atoms with E-state index in [1.54, 1.807) is 17.7 Å². The van der Waals surface area contributed by atoms with Crippen molar-refractivity contribution in [3.8, 4) is 0 Å². The van der Waals surface area contributed by atoms with Crippen LogP contribution in [-0.2, 0) is 0 Å². The van der Waals surface area contributed by atoms with Crippen molar-refractivity contribution in [1.82, 2.24) is 9.97 Å². The van der Waals surface area contributed by atoms with Gasteiger partial charge in [-0.05, 0) is 12.8 Å². The van der Waals surface area contributed by atoms with Gasteiger partial charge < -0.3 is 4.90 Å². The Kier molecular flexibility index (Phi) is 2.25. The summed E-state index contributed by atoms with van der Waals surface area (Å²) in [5.41, 5.74) is 0. The average molecular weight is 240 g/mol. The zero-order valence-corrected chi connectivity index (χ0v) is 9.68. The highest BCUT2D eigenvalue weighted by Gasteiger charge is 2.18. The third kappa shape index (κ3) is 1.48. The van der Waals surface area contributed by atoms with Gasteiger partial charge in [0.05, 0.1) is 10.4 Å². The first-order valence-corrected chi connectivity index (χ1v) is 6.24. The number of fused-ring (bicyclic) bond motifs is 1. The van der Waals surface area contributed by atoms with Crippen LogP contribution < -0.4 is 4.90 Å². The molecular weight excluding hydrogens is 230 g/mol. The Morgan fingerprint density at radius 3 is 2.87 bits per heavy atom. The summed E-state index contributed by atoms with van der Waals surface area (Å²) in [7, 11) is 0. The second kappa shape index (κ2) is 3.61. The molecule has 0 bridgehead atoms. The van der Waals surface area contributed by atoms with E-state index in [2.05, 4.69) is 14.9 Å². The van der Waals surface area contributed by atoms with E-state index >= 15 is 0 Å². The average Bonchev–Trinajstić information content (AvgIpc) is 2.88. The fourth-order valence-corrected chi connectivity index (χ4v) is 3.12. The monoisotopic (exact) mass is 239 g/mol. The normalized spacial score (nSPS) is 16.5. The second-order valence-electron chi connectivity index (χ2n) is 3.66. The minimum atomic E-state index is 0.775. The van der Waals surface area contributed by atoms with Crippen molar-refractivity contribution in [2.24, 2.45) is 0 Å². The molecule has 1 fully saturated rings. The van der Waals surface area contributed by atoms with Crippen LogP contribution in [0.5, 0.6) is 0 Å². The highest BCUT2D eigenvalue weighted by Crippen LogP contribution is 2.35. The quantitative estimate of drug-likeness (QED) is 0.766. The molecule has 0 saturated carbocycles. The molecule has 15 heavy (non-hydrogen) atoms. The van der Waals surface area contributed by atoms with Crippen LogP contribution in [0.3, 0.4) is 0 Å². The zero-order valence-electron chi connectivity index (χ0n) is 8.11. The molecule has 0 aromatic carbocycles. The van der Waals surface area contributed by atoms with Gasteiger partial charge in [-0.15, -0.1) is 11.3 Å². The Balaban J connectivity index is 2.19. The topological polar surface area (TPSA) is 29.0 Å². The Morgan fingerprint density at radius 2 is 2.07 bits per heavy atom. The van der Waals surface area contributed by atoms with Gasteiger partial charge in [-0.25, -0.2) is 9.97 Å². The molecular formula is C10H10ClN3S. The molecule has 0 atom stereocenters. The molecule has 0 amide bonds. The predicted molar refractivity (Wildman–Crippen MR) is 63.9 cm³/mol. The summed E-state index contributed by atoms with van der Waals surface area (Å²) in [4.78, 5) is 11.9. The summed E-state index contributed by atoms with van der Waals surface area (Å²) in [5, 5.41) is 3.73. The van der Waals surface area contributed by atoms with Crippen LogP contribution in [0.4, 0.5) is 5.82 Å². The van der Waals surface area contributed by atoms with Crippen molar-refractivity contribution >= 4 is 39.0 Å². The predicted octanol–water partition coefficient (Wildman–Crippen LogP) is 2.94. The summed E-state index contributed by atoms with van der Waals surface area (Å²) in [6.07, 6.45) is 4.11. The second-order valence-corrected chi connectivity index (χ2v) is 4.92. The Bertz CT molecular complexity index is 490. The maximum atomic E-state index is 6.16. The van der Waals surface area contributed by atoms with E-state index in [4.69, 9.17) is 11.6 Å². The van der Waals surface area contributed by atoms with Crippen LogP contribution in [0, 0.1) is 0 Å². The van der Waals surface area contributed by atoms with Gasteiger partial charge in [0.15, 0.2) is 0 Å². The summed E-state index contributed by atoms with van der Waals surface area (Å²) in [5.74, 6) is 1.00. The number of rotatable bonds is 1. The maximum Gasteiger partial charge on any atom is 0.142 e. The maximum absolute atomic E-state index is 6.16. The number of hydrogen-bond donors (Lipinski definition) is 0. The fourth-order valence-electron chi connectivity index (χ4n) is 1.99. The Hall–Kier alpha value is -0.870. The number of anilines is 1. The smallest absolute Gasteiger partial charge is 0.142 e. The molecule has 78 valence electrons. The minimum absolute atomic E-state index is 0.775. The number of nitrogens with zero attached hydrogens (tertiary/aromatic N) is 3. The van der Waals surface area contributed by atoms with E-state index in [1.165, 1.54) is 12.8 Å². The van der Waals surface area contributed by atoms with Crippen LogP contribution in [0.15, 0.2) is 11.7 Å². The summed E-state index contributed by atoms with van der Waals surface area (Å²) >= 11 is 7.74. The molecule has 0 N–H and O–H groups in total.